The standard InChI is InChI=1S/C14H19BrFNO/c1-2-17-14(10-5-7-18-8-6-10)12-4-3-11(16)9-13(12)15/h3-4,9-10,14,17H,2,5-8H2,1H3. The van der Waals surface area contributed by atoms with Crippen molar-refractivity contribution in [2.45, 2.75) is 25.8 Å². The average molecular weight is 316 g/mol. The van der Waals surface area contributed by atoms with Crippen molar-refractivity contribution < 1.29 is 9.13 Å². The van der Waals surface area contributed by atoms with Crippen molar-refractivity contribution in [1.82, 2.24) is 5.32 Å². The number of nitrogens with one attached hydrogen (secondary N) is 1. The van der Waals surface area contributed by atoms with Gasteiger partial charge in [-0.2, -0.15) is 0 Å². The minimum atomic E-state index is -0.201. The maximum Gasteiger partial charge on any atom is 0.124 e. The van der Waals surface area contributed by atoms with Crippen molar-refractivity contribution in [3.8, 4) is 0 Å². The lowest BCUT2D eigenvalue weighted by molar-refractivity contribution is 0.0537. The van der Waals surface area contributed by atoms with E-state index in [1.54, 1.807) is 6.07 Å². The van der Waals surface area contributed by atoms with Gasteiger partial charge >= 0.3 is 0 Å². The maximum absolute atomic E-state index is 13.2. The Morgan fingerprint density at radius 2 is 2.17 bits per heavy atom. The monoisotopic (exact) mass is 315 g/mol. The van der Waals surface area contributed by atoms with Gasteiger partial charge in [0.15, 0.2) is 0 Å². The predicted octanol–water partition coefficient (Wildman–Crippen LogP) is 3.67. The molecule has 1 aromatic carbocycles. The highest BCUT2D eigenvalue weighted by Crippen LogP contribution is 2.34. The van der Waals surface area contributed by atoms with Gasteiger partial charge < -0.3 is 10.1 Å². The van der Waals surface area contributed by atoms with Gasteiger partial charge in [0.2, 0.25) is 0 Å². The normalized spacial score (nSPS) is 18.8. The molecule has 1 N–H and O–H groups in total. The third kappa shape index (κ3) is 3.31. The largest absolute Gasteiger partial charge is 0.381 e. The van der Waals surface area contributed by atoms with Gasteiger partial charge in [0, 0.05) is 23.7 Å². The van der Waals surface area contributed by atoms with E-state index in [0.29, 0.717) is 5.92 Å². The molecule has 100 valence electrons. The van der Waals surface area contributed by atoms with E-state index in [2.05, 4.69) is 28.2 Å². The Bertz CT molecular complexity index is 393. The molecule has 1 saturated heterocycles. The zero-order valence-electron chi connectivity index (χ0n) is 10.6. The Balaban J connectivity index is 2.22. The van der Waals surface area contributed by atoms with Gasteiger partial charge in [-0.25, -0.2) is 4.39 Å². The van der Waals surface area contributed by atoms with Crippen LogP contribution in [0.2, 0.25) is 0 Å². The number of hydrogen-bond donors (Lipinski definition) is 1. The Morgan fingerprint density at radius 3 is 2.78 bits per heavy atom. The van der Waals surface area contributed by atoms with Crippen molar-refractivity contribution in [1.29, 1.82) is 0 Å². The molecule has 1 fully saturated rings. The van der Waals surface area contributed by atoms with E-state index in [-0.39, 0.29) is 11.9 Å². The lowest BCUT2D eigenvalue weighted by Gasteiger charge is -2.31. The second-order valence-electron chi connectivity index (χ2n) is 4.65. The highest BCUT2D eigenvalue weighted by atomic mass is 79.9. The fourth-order valence-electron chi connectivity index (χ4n) is 2.55. The topological polar surface area (TPSA) is 21.3 Å². The van der Waals surface area contributed by atoms with E-state index in [1.165, 1.54) is 6.07 Å². The van der Waals surface area contributed by atoms with Gasteiger partial charge in [0.1, 0.15) is 5.82 Å². The summed E-state index contributed by atoms with van der Waals surface area (Å²) in [6.07, 6.45) is 2.11. The molecule has 0 saturated carbocycles. The van der Waals surface area contributed by atoms with Gasteiger partial charge in [0.05, 0.1) is 0 Å². The third-order valence-corrected chi connectivity index (χ3v) is 4.15. The summed E-state index contributed by atoms with van der Waals surface area (Å²) in [5.74, 6) is 0.355. The Labute approximate surface area is 116 Å². The van der Waals surface area contributed by atoms with Crippen LogP contribution in [0.1, 0.15) is 31.4 Å². The zero-order chi connectivity index (χ0) is 13.0. The minimum Gasteiger partial charge on any atom is -0.381 e. The Hall–Kier alpha value is -0.450. The van der Waals surface area contributed by atoms with Crippen molar-refractivity contribution in [3.63, 3.8) is 0 Å². The van der Waals surface area contributed by atoms with Crippen LogP contribution in [0.3, 0.4) is 0 Å². The van der Waals surface area contributed by atoms with Crippen LogP contribution >= 0.6 is 15.9 Å². The van der Waals surface area contributed by atoms with E-state index in [9.17, 15) is 4.39 Å². The smallest absolute Gasteiger partial charge is 0.124 e. The first-order chi connectivity index (χ1) is 8.72. The van der Waals surface area contributed by atoms with E-state index < -0.39 is 0 Å². The second-order valence-corrected chi connectivity index (χ2v) is 5.51. The van der Waals surface area contributed by atoms with Crippen LogP contribution in [-0.2, 0) is 4.74 Å². The fraction of sp³-hybridized carbons (Fsp3) is 0.571. The van der Waals surface area contributed by atoms with Crippen molar-refractivity contribution in [2.75, 3.05) is 19.8 Å². The van der Waals surface area contributed by atoms with Gasteiger partial charge in [-0.05, 0) is 43.0 Å². The molecule has 1 heterocycles. The average Bonchev–Trinajstić information content (AvgIpc) is 2.38. The first-order valence-electron chi connectivity index (χ1n) is 6.48. The fourth-order valence-corrected chi connectivity index (χ4v) is 3.15. The Kier molecular flexibility index (Phi) is 5.15. The molecule has 0 amide bonds. The van der Waals surface area contributed by atoms with Gasteiger partial charge in [-0.15, -0.1) is 0 Å². The van der Waals surface area contributed by atoms with Gasteiger partial charge in [0.25, 0.3) is 0 Å². The molecule has 0 aromatic heterocycles. The van der Waals surface area contributed by atoms with E-state index in [4.69, 9.17) is 4.74 Å². The van der Waals surface area contributed by atoms with E-state index >= 15 is 0 Å². The molecule has 0 bridgehead atoms. The van der Waals surface area contributed by atoms with Crippen LogP contribution in [0.15, 0.2) is 22.7 Å². The molecule has 4 heteroatoms. The summed E-state index contributed by atoms with van der Waals surface area (Å²) < 4.78 is 19.4. The number of rotatable bonds is 4. The van der Waals surface area contributed by atoms with Crippen LogP contribution in [0.25, 0.3) is 0 Å². The second kappa shape index (κ2) is 6.64. The van der Waals surface area contributed by atoms with Crippen molar-refractivity contribution >= 4 is 15.9 Å². The van der Waals surface area contributed by atoms with E-state index in [0.717, 1.165) is 42.6 Å². The zero-order valence-corrected chi connectivity index (χ0v) is 12.2. The summed E-state index contributed by atoms with van der Waals surface area (Å²) in [7, 11) is 0. The van der Waals surface area contributed by atoms with Crippen LogP contribution in [0.5, 0.6) is 0 Å². The molecule has 1 unspecified atom stereocenters. The maximum atomic E-state index is 13.2. The highest BCUT2D eigenvalue weighted by Gasteiger charge is 2.26. The summed E-state index contributed by atoms with van der Waals surface area (Å²) in [5.41, 5.74) is 1.14. The lowest BCUT2D eigenvalue weighted by Crippen LogP contribution is -2.32. The number of benzene rings is 1. The number of hydrogen-bond acceptors (Lipinski definition) is 2. The van der Waals surface area contributed by atoms with Crippen LogP contribution in [-0.4, -0.2) is 19.8 Å². The van der Waals surface area contributed by atoms with Crippen LogP contribution in [0.4, 0.5) is 4.39 Å². The molecular formula is C14H19BrFNO. The molecule has 18 heavy (non-hydrogen) atoms. The molecule has 1 aliphatic rings. The van der Waals surface area contributed by atoms with Gasteiger partial charge in [-0.1, -0.05) is 28.9 Å². The molecular weight excluding hydrogens is 297 g/mol. The molecule has 1 aliphatic heterocycles. The minimum absolute atomic E-state index is 0.201. The summed E-state index contributed by atoms with van der Waals surface area (Å²) in [5, 5.41) is 3.52. The van der Waals surface area contributed by atoms with Crippen molar-refractivity contribution in [3.05, 3.63) is 34.1 Å². The highest BCUT2D eigenvalue weighted by molar-refractivity contribution is 9.10. The van der Waals surface area contributed by atoms with E-state index in [1.807, 2.05) is 6.07 Å². The first-order valence-corrected chi connectivity index (χ1v) is 7.27. The van der Waals surface area contributed by atoms with Crippen LogP contribution in [0, 0.1) is 11.7 Å². The number of halogens is 2. The molecule has 0 spiro atoms. The quantitative estimate of drug-likeness (QED) is 0.915. The summed E-state index contributed by atoms with van der Waals surface area (Å²) in [6, 6.07) is 5.22. The summed E-state index contributed by atoms with van der Waals surface area (Å²) >= 11 is 3.47. The molecule has 1 atom stereocenters. The molecule has 1 aromatic rings. The lowest BCUT2D eigenvalue weighted by atomic mass is 9.87. The first kappa shape index (κ1) is 14.0. The van der Waals surface area contributed by atoms with Crippen molar-refractivity contribution in [2.24, 2.45) is 5.92 Å². The predicted molar refractivity (Wildman–Crippen MR) is 74.1 cm³/mol. The number of ether oxygens (including phenoxy) is 1. The molecule has 0 radical (unpaired) electrons. The molecule has 2 nitrogen and oxygen atoms in total. The van der Waals surface area contributed by atoms with Gasteiger partial charge in [-0.3, -0.25) is 0 Å². The third-order valence-electron chi connectivity index (χ3n) is 3.46. The van der Waals surface area contributed by atoms with Crippen LogP contribution < -0.4 is 5.32 Å². The Morgan fingerprint density at radius 1 is 1.44 bits per heavy atom. The molecule has 2 rings (SSSR count). The SMILES string of the molecule is CCNC(c1ccc(F)cc1Br)C1CCOCC1. The summed E-state index contributed by atoms with van der Waals surface area (Å²) in [4.78, 5) is 0. The summed E-state index contributed by atoms with van der Waals surface area (Å²) in [6.45, 7) is 4.66. The molecule has 0 aliphatic carbocycles.